The van der Waals surface area contributed by atoms with Gasteiger partial charge in [0.15, 0.2) is 11.6 Å². The Kier molecular flexibility index (Phi) is 7.32. The van der Waals surface area contributed by atoms with Crippen LogP contribution in [0.1, 0.15) is 15.9 Å². The molecule has 0 amide bonds. The van der Waals surface area contributed by atoms with Crippen molar-refractivity contribution < 1.29 is 23.4 Å². The van der Waals surface area contributed by atoms with Crippen molar-refractivity contribution in [3.63, 3.8) is 0 Å². The monoisotopic (exact) mass is 565 g/mol. The molecule has 0 saturated carbocycles. The fraction of sp³-hybridized carbons (Fsp3) is 0.286. The van der Waals surface area contributed by atoms with E-state index in [-0.39, 0.29) is 5.39 Å². The summed E-state index contributed by atoms with van der Waals surface area (Å²) in [6.45, 7) is 1.44. The fourth-order valence-corrected chi connectivity index (χ4v) is 5.10. The van der Waals surface area contributed by atoms with E-state index in [1.54, 1.807) is 39.3 Å². The van der Waals surface area contributed by atoms with E-state index < -0.39 is 28.7 Å². The van der Waals surface area contributed by atoms with Crippen LogP contribution in [0, 0.1) is 11.6 Å². The number of nitrogens with zero attached hydrogens (tertiary/aromatic N) is 5. The van der Waals surface area contributed by atoms with Crippen LogP contribution in [0.2, 0.25) is 0 Å². The number of H-pyrrole nitrogens is 1. The van der Waals surface area contributed by atoms with Crippen molar-refractivity contribution in [2.45, 2.75) is 6.54 Å². The standard InChI is InChI=1S/C28H29F2N7O4/c1-31-19-9-18(29)22(30)20-21-24(35(2)3)16(10-32-25(21)34-23(19)20)14-8-15(12-36(4)6-7-41-5)26-33-11-17(28(39)40)27(38)37(26)13-14/h8-11,13,31H,6-7,12H2,1-5H3,(H,32,34)(H,39,40). The number of carboxylic acid groups (broad SMARTS) is 1. The third-order valence-corrected chi connectivity index (χ3v) is 7.02. The second-order valence-corrected chi connectivity index (χ2v) is 9.94. The van der Waals surface area contributed by atoms with Crippen LogP contribution in [0.3, 0.4) is 0 Å². The molecule has 0 atom stereocenters. The maximum absolute atomic E-state index is 15.4. The van der Waals surface area contributed by atoms with Crippen molar-refractivity contribution in [3.8, 4) is 11.1 Å². The Morgan fingerprint density at radius 1 is 1.17 bits per heavy atom. The number of halogens is 2. The van der Waals surface area contributed by atoms with Crippen LogP contribution in [0.4, 0.5) is 20.2 Å². The van der Waals surface area contributed by atoms with Gasteiger partial charge < -0.3 is 25.0 Å². The molecule has 0 aliphatic rings. The number of carboxylic acids is 1. The van der Waals surface area contributed by atoms with Gasteiger partial charge in [-0.15, -0.1) is 0 Å². The molecule has 4 heterocycles. The lowest BCUT2D eigenvalue weighted by atomic mass is 10.0. The highest BCUT2D eigenvalue weighted by Crippen LogP contribution is 2.42. The van der Waals surface area contributed by atoms with Gasteiger partial charge in [0.25, 0.3) is 5.56 Å². The summed E-state index contributed by atoms with van der Waals surface area (Å²) in [7, 11) is 8.63. The van der Waals surface area contributed by atoms with Crippen LogP contribution in [-0.2, 0) is 11.3 Å². The number of fused-ring (bicyclic) bond motifs is 4. The summed E-state index contributed by atoms with van der Waals surface area (Å²) in [5.74, 6) is -3.42. The molecule has 4 aromatic heterocycles. The highest BCUT2D eigenvalue weighted by atomic mass is 19.2. The van der Waals surface area contributed by atoms with Crippen molar-refractivity contribution in [2.24, 2.45) is 0 Å². The number of likely N-dealkylation sites (N-methyl/N-ethyl adjacent to an activating group) is 1. The molecule has 5 rings (SSSR count). The maximum Gasteiger partial charge on any atom is 0.342 e. The third-order valence-electron chi connectivity index (χ3n) is 7.02. The number of methoxy groups -OCH3 is 1. The maximum atomic E-state index is 15.4. The number of hydrogen-bond acceptors (Lipinski definition) is 8. The Balaban J connectivity index is 1.85. The van der Waals surface area contributed by atoms with Gasteiger partial charge in [-0.2, -0.15) is 0 Å². The first-order chi connectivity index (χ1) is 19.6. The van der Waals surface area contributed by atoms with E-state index in [0.29, 0.717) is 70.0 Å². The summed E-state index contributed by atoms with van der Waals surface area (Å²) in [6.07, 6.45) is 4.13. The van der Waals surface area contributed by atoms with Gasteiger partial charge >= 0.3 is 5.97 Å². The number of benzene rings is 1. The topological polar surface area (TPSA) is 128 Å². The van der Waals surface area contributed by atoms with Gasteiger partial charge in [0, 0.05) is 82.7 Å². The summed E-state index contributed by atoms with van der Waals surface area (Å²) in [6, 6.07) is 2.92. The van der Waals surface area contributed by atoms with E-state index in [9.17, 15) is 19.1 Å². The molecule has 3 N–H and O–H groups in total. The second-order valence-electron chi connectivity index (χ2n) is 9.94. The second kappa shape index (κ2) is 10.7. The van der Waals surface area contributed by atoms with Crippen LogP contribution in [0.25, 0.3) is 38.7 Å². The molecule has 214 valence electrons. The molecular weight excluding hydrogens is 536 g/mol. The van der Waals surface area contributed by atoms with Crippen molar-refractivity contribution >= 4 is 44.9 Å². The molecule has 13 heteroatoms. The van der Waals surface area contributed by atoms with E-state index >= 15 is 4.39 Å². The Hall–Kier alpha value is -4.62. The third kappa shape index (κ3) is 4.72. The number of pyridine rings is 2. The number of aromatic amines is 1. The highest BCUT2D eigenvalue weighted by molar-refractivity contribution is 6.18. The number of rotatable bonds is 9. The van der Waals surface area contributed by atoms with Gasteiger partial charge in [-0.05, 0) is 13.1 Å². The minimum absolute atomic E-state index is 0.0368. The average molecular weight is 566 g/mol. The number of nitrogens with one attached hydrogen (secondary N) is 2. The molecule has 0 fully saturated rings. The number of aromatic nitrogens is 4. The van der Waals surface area contributed by atoms with E-state index in [1.807, 2.05) is 18.0 Å². The zero-order chi connectivity index (χ0) is 29.6. The van der Waals surface area contributed by atoms with Gasteiger partial charge in [0.1, 0.15) is 16.9 Å². The molecule has 0 unspecified atom stereocenters. The minimum Gasteiger partial charge on any atom is -0.477 e. The molecule has 11 nitrogen and oxygen atoms in total. The van der Waals surface area contributed by atoms with Crippen LogP contribution < -0.4 is 15.8 Å². The molecule has 0 aliphatic heterocycles. The Morgan fingerprint density at radius 3 is 2.59 bits per heavy atom. The predicted molar refractivity (Wildman–Crippen MR) is 153 cm³/mol. The molecule has 0 spiro atoms. The van der Waals surface area contributed by atoms with Crippen LogP contribution in [0.5, 0.6) is 0 Å². The SMILES string of the molecule is CNc1cc(F)c(F)c2c1[nH]c1ncc(-c3cc(CN(C)CCOC)c4ncc(C(=O)O)c(=O)n4c3)c(N(C)C)c12. The van der Waals surface area contributed by atoms with Crippen molar-refractivity contribution in [3.05, 3.63) is 63.8 Å². The summed E-state index contributed by atoms with van der Waals surface area (Å²) in [5, 5.41) is 12.8. The van der Waals surface area contributed by atoms with Crippen molar-refractivity contribution in [1.82, 2.24) is 24.3 Å². The Bertz CT molecular complexity index is 1880. The lowest BCUT2D eigenvalue weighted by Crippen LogP contribution is -2.26. The molecule has 5 aromatic rings. The largest absolute Gasteiger partial charge is 0.477 e. The Morgan fingerprint density at radius 2 is 1.93 bits per heavy atom. The van der Waals surface area contributed by atoms with Crippen molar-refractivity contribution in [1.29, 1.82) is 0 Å². The van der Waals surface area contributed by atoms with Gasteiger partial charge in [0.05, 0.1) is 34.3 Å². The van der Waals surface area contributed by atoms with Gasteiger partial charge in [-0.25, -0.2) is 23.5 Å². The van der Waals surface area contributed by atoms with Gasteiger partial charge in [0.2, 0.25) is 0 Å². The molecule has 0 bridgehead atoms. The lowest BCUT2D eigenvalue weighted by Gasteiger charge is -2.21. The molecule has 0 radical (unpaired) electrons. The number of hydrogen-bond donors (Lipinski definition) is 3. The van der Waals surface area contributed by atoms with Gasteiger partial charge in [-0.1, -0.05) is 0 Å². The normalized spacial score (nSPS) is 11.7. The summed E-state index contributed by atoms with van der Waals surface area (Å²) >= 11 is 0. The van der Waals surface area contributed by atoms with E-state index in [2.05, 4.69) is 20.3 Å². The highest BCUT2D eigenvalue weighted by Gasteiger charge is 2.24. The van der Waals surface area contributed by atoms with E-state index in [0.717, 1.165) is 12.3 Å². The Labute approximate surface area is 233 Å². The first kappa shape index (κ1) is 27.9. The minimum atomic E-state index is -1.39. The van der Waals surface area contributed by atoms with Crippen LogP contribution >= 0.6 is 0 Å². The number of ether oxygens (including phenoxy) is 1. The smallest absolute Gasteiger partial charge is 0.342 e. The predicted octanol–water partition coefficient (Wildman–Crippen LogP) is 3.55. The number of aromatic carboxylic acids is 1. The number of anilines is 2. The van der Waals surface area contributed by atoms with E-state index in [1.165, 1.54) is 10.6 Å². The molecule has 41 heavy (non-hydrogen) atoms. The summed E-state index contributed by atoms with van der Waals surface area (Å²) < 4.78 is 36.4. The molecule has 0 aliphatic carbocycles. The van der Waals surface area contributed by atoms with Gasteiger partial charge in [-0.3, -0.25) is 14.1 Å². The van der Waals surface area contributed by atoms with Crippen molar-refractivity contribution in [2.75, 3.05) is 58.7 Å². The summed E-state index contributed by atoms with van der Waals surface area (Å²) in [4.78, 5) is 40.7. The number of carbonyl (C=O) groups is 1. The fourth-order valence-electron chi connectivity index (χ4n) is 5.10. The summed E-state index contributed by atoms with van der Waals surface area (Å²) in [5.41, 5.74) is 2.36. The lowest BCUT2D eigenvalue weighted by molar-refractivity contribution is 0.0694. The van der Waals surface area contributed by atoms with Crippen LogP contribution in [-0.4, -0.2) is 83.8 Å². The van der Waals surface area contributed by atoms with E-state index in [4.69, 9.17) is 4.74 Å². The molecule has 0 saturated heterocycles. The zero-order valence-corrected chi connectivity index (χ0v) is 23.2. The quantitative estimate of drug-likeness (QED) is 0.246. The molecule has 1 aromatic carbocycles. The first-order valence-corrected chi connectivity index (χ1v) is 12.7. The zero-order valence-electron chi connectivity index (χ0n) is 23.2. The first-order valence-electron chi connectivity index (χ1n) is 12.7. The average Bonchev–Trinajstić information content (AvgIpc) is 3.33. The van der Waals surface area contributed by atoms with Crippen LogP contribution in [0.15, 0.2) is 35.5 Å². The molecular formula is C28H29F2N7O4.